The third kappa shape index (κ3) is 4.10. The van der Waals surface area contributed by atoms with Crippen molar-refractivity contribution < 1.29 is 4.74 Å². The van der Waals surface area contributed by atoms with Crippen molar-refractivity contribution in [3.05, 3.63) is 22.4 Å². The quantitative estimate of drug-likeness (QED) is 0.447. The minimum atomic E-state index is 0. The molecule has 2 aliphatic rings. The number of nitrogens with one attached hydrogen (secondary N) is 2. The van der Waals surface area contributed by atoms with Gasteiger partial charge in [-0.3, -0.25) is 4.99 Å². The summed E-state index contributed by atoms with van der Waals surface area (Å²) >= 11 is 1.75. The summed E-state index contributed by atoms with van der Waals surface area (Å²) in [6.45, 7) is 3.14. The summed E-state index contributed by atoms with van der Waals surface area (Å²) in [5.41, 5.74) is 1.39. The molecule has 0 saturated carbocycles. The van der Waals surface area contributed by atoms with Crippen LogP contribution < -0.4 is 10.6 Å². The van der Waals surface area contributed by atoms with Crippen LogP contribution in [-0.4, -0.2) is 37.8 Å². The number of nitrogens with zero attached hydrogens (tertiary/aromatic N) is 1. The molecule has 4 nitrogen and oxygen atoms in total. The molecule has 1 aromatic heterocycles. The minimum absolute atomic E-state index is 0. The topological polar surface area (TPSA) is 45.7 Å². The highest BCUT2D eigenvalue weighted by Gasteiger charge is 2.41. The molecule has 2 aliphatic heterocycles. The highest BCUT2D eigenvalue weighted by molar-refractivity contribution is 14.0. The van der Waals surface area contributed by atoms with Gasteiger partial charge in [0, 0.05) is 13.6 Å². The fraction of sp³-hybridized carbons (Fsp3) is 0.667. The number of hydrogen-bond donors (Lipinski definition) is 2. The van der Waals surface area contributed by atoms with Crippen molar-refractivity contribution in [2.45, 2.75) is 50.4 Å². The van der Waals surface area contributed by atoms with Gasteiger partial charge in [-0.25, -0.2) is 0 Å². The zero-order valence-electron chi connectivity index (χ0n) is 12.5. The van der Waals surface area contributed by atoms with Crippen molar-refractivity contribution in [1.29, 1.82) is 0 Å². The van der Waals surface area contributed by atoms with Crippen molar-refractivity contribution in [3.63, 3.8) is 0 Å². The summed E-state index contributed by atoms with van der Waals surface area (Å²) in [5.74, 6) is 1.39. The molecular formula is C15H24IN3OS. The monoisotopic (exact) mass is 421 g/mol. The lowest BCUT2D eigenvalue weighted by atomic mass is 9.96. The maximum absolute atomic E-state index is 5.87. The Balaban J connectivity index is 0.00000161. The fourth-order valence-electron chi connectivity index (χ4n) is 3.08. The Morgan fingerprint density at radius 3 is 2.95 bits per heavy atom. The molecule has 2 saturated heterocycles. The number of fused-ring (bicyclic) bond motifs is 2. The van der Waals surface area contributed by atoms with Gasteiger partial charge in [0.15, 0.2) is 5.96 Å². The SMILES string of the molecule is CN=C(NCC(C)c1ccsc1)NC1CC2CCC1O2.I. The van der Waals surface area contributed by atoms with Crippen LogP contribution in [0.2, 0.25) is 0 Å². The van der Waals surface area contributed by atoms with E-state index >= 15 is 0 Å². The van der Waals surface area contributed by atoms with Crippen LogP contribution in [0, 0.1) is 0 Å². The first-order chi connectivity index (χ1) is 9.76. The molecule has 21 heavy (non-hydrogen) atoms. The Bertz CT molecular complexity index is 465. The van der Waals surface area contributed by atoms with Gasteiger partial charge in [-0.1, -0.05) is 6.92 Å². The Labute approximate surface area is 147 Å². The largest absolute Gasteiger partial charge is 0.373 e. The number of guanidine groups is 1. The summed E-state index contributed by atoms with van der Waals surface area (Å²) < 4.78 is 5.87. The Kier molecular flexibility index (Phi) is 6.31. The molecule has 0 spiro atoms. The number of thiophene rings is 1. The molecule has 0 amide bonds. The molecular weight excluding hydrogens is 397 g/mol. The fourth-order valence-corrected chi connectivity index (χ4v) is 3.87. The van der Waals surface area contributed by atoms with Gasteiger partial charge in [-0.05, 0) is 47.6 Å². The number of ether oxygens (including phenoxy) is 1. The van der Waals surface area contributed by atoms with Gasteiger partial charge in [-0.2, -0.15) is 11.3 Å². The smallest absolute Gasteiger partial charge is 0.191 e. The molecule has 6 heteroatoms. The lowest BCUT2D eigenvalue weighted by Crippen LogP contribution is -2.48. The predicted octanol–water partition coefficient (Wildman–Crippen LogP) is 2.95. The third-order valence-electron chi connectivity index (χ3n) is 4.34. The molecule has 118 valence electrons. The molecule has 3 heterocycles. The zero-order chi connectivity index (χ0) is 13.9. The van der Waals surface area contributed by atoms with E-state index in [2.05, 4.69) is 39.4 Å². The second-order valence-electron chi connectivity index (χ2n) is 5.77. The van der Waals surface area contributed by atoms with Gasteiger partial charge >= 0.3 is 0 Å². The Hall–Kier alpha value is -0.340. The van der Waals surface area contributed by atoms with Crippen LogP contribution in [0.4, 0.5) is 0 Å². The van der Waals surface area contributed by atoms with Crippen LogP contribution in [0.15, 0.2) is 21.8 Å². The maximum Gasteiger partial charge on any atom is 0.191 e. The highest BCUT2D eigenvalue weighted by atomic mass is 127. The summed E-state index contributed by atoms with van der Waals surface area (Å²) in [6.07, 6.45) is 4.38. The van der Waals surface area contributed by atoms with E-state index in [1.54, 1.807) is 11.3 Å². The Morgan fingerprint density at radius 2 is 2.38 bits per heavy atom. The summed E-state index contributed by atoms with van der Waals surface area (Å²) in [5, 5.41) is 11.3. The van der Waals surface area contributed by atoms with Crippen molar-refractivity contribution >= 4 is 41.3 Å². The molecule has 3 rings (SSSR count). The standard InChI is InChI=1S/C15H23N3OS.HI/c1-10(11-5-6-20-9-11)8-17-15(16-2)18-13-7-12-3-4-14(13)19-12;/h5-6,9-10,12-14H,3-4,7-8H2,1-2H3,(H2,16,17,18);1H. The number of hydrogen-bond acceptors (Lipinski definition) is 3. The van der Waals surface area contributed by atoms with Gasteiger partial charge < -0.3 is 15.4 Å². The highest BCUT2D eigenvalue weighted by Crippen LogP contribution is 2.34. The van der Waals surface area contributed by atoms with E-state index in [-0.39, 0.29) is 24.0 Å². The van der Waals surface area contributed by atoms with Crippen molar-refractivity contribution in [3.8, 4) is 0 Å². The van der Waals surface area contributed by atoms with Gasteiger partial charge in [0.1, 0.15) is 0 Å². The molecule has 2 fully saturated rings. The second kappa shape index (κ2) is 7.78. The van der Waals surface area contributed by atoms with Gasteiger partial charge in [0.2, 0.25) is 0 Å². The zero-order valence-corrected chi connectivity index (χ0v) is 15.7. The number of aliphatic imine (C=N–C) groups is 1. The molecule has 0 radical (unpaired) electrons. The van der Waals surface area contributed by atoms with Crippen LogP contribution in [0.25, 0.3) is 0 Å². The predicted molar refractivity (Wildman–Crippen MR) is 98.9 cm³/mol. The van der Waals surface area contributed by atoms with Gasteiger partial charge in [0.25, 0.3) is 0 Å². The van der Waals surface area contributed by atoms with Crippen LogP contribution in [0.3, 0.4) is 0 Å². The van der Waals surface area contributed by atoms with E-state index < -0.39 is 0 Å². The molecule has 2 bridgehead atoms. The van der Waals surface area contributed by atoms with Gasteiger partial charge in [0.05, 0.1) is 18.2 Å². The molecule has 4 atom stereocenters. The summed E-state index contributed by atoms with van der Waals surface area (Å²) in [7, 11) is 1.83. The van der Waals surface area contributed by atoms with Crippen molar-refractivity contribution in [2.24, 2.45) is 4.99 Å². The van der Waals surface area contributed by atoms with E-state index in [1.807, 2.05) is 7.05 Å². The van der Waals surface area contributed by atoms with Crippen LogP contribution in [0.1, 0.15) is 37.7 Å². The average Bonchev–Trinajstić information content (AvgIpc) is 3.18. The first-order valence-corrected chi connectivity index (χ1v) is 8.35. The van der Waals surface area contributed by atoms with Gasteiger partial charge in [-0.15, -0.1) is 24.0 Å². The molecule has 0 aromatic carbocycles. The summed E-state index contributed by atoms with van der Waals surface area (Å²) in [6, 6.07) is 2.62. The lowest BCUT2D eigenvalue weighted by molar-refractivity contribution is 0.0992. The van der Waals surface area contributed by atoms with Crippen molar-refractivity contribution in [2.75, 3.05) is 13.6 Å². The first-order valence-electron chi connectivity index (χ1n) is 7.41. The normalized spacial score (nSPS) is 29.0. The van der Waals surface area contributed by atoms with Crippen molar-refractivity contribution in [1.82, 2.24) is 10.6 Å². The number of halogens is 1. The lowest BCUT2D eigenvalue weighted by Gasteiger charge is -2.23. The molecule has 2 N–H and O–H groups in total. The van der Waals surface area contributed by atoms with Crippen LogP contribution >= 0.6 is 35.3 Å². The molecule has 4 unspecified atom stereocenters. The van der Waals surface area contributed by atoms with E-state index in [9.17, 15) is 0 Å². The maximum atomic E-state index is 5.87. The molecule has 0 aliphatic carbocycles. The second-order valence-corrected chi connectivity index (χ2v) is 6.55. The van der Waals surface area contributed by atoms with E-state index in [0.717, 1.165) is 18.9 Å². The minimum Gasteiger partial charge on any atom is -0.373 e. The third-order valence-corrected chi connectivity index (χ3v) is 5.04. The van der Waals surface area contributed by atoms with E-state index in [0.29, 0.717) is 24.2 Å². The van der Waals surface area contributed by atoms with E-state index in [1.165, 1.54) is 18.4 Å². The first kappa shape index (κ1) is 17.0. The van der Waals surface area contributed by atoms with Crippen LogP contribution in [0.5, 0.6) is 0 Å². The van der Waals surface area contributed by atoms with Crippen LogP contribution in [-0.2, 0) is 4.74 Å². The summed E-state index contributed by atoms with van der Waals surface area (Å²) in [4.78, 5) is 4.33. The number of rotatable bonds is 4. The average molecular weight is 421 g/mol. The molecule has 1 aromatic rings. The van der Waals surface area contributed by atoms with E-state index in [4.69, 9.17) is 4.74 Å². The Morgan fingerprint density at radius 1 is 1.52 bits per heavy atom.